The van der Waals surface area contributed by atoms with E-state index in [-0.39, 0.29) is 41.5 Å². The molecule has 2 aliphatic rings. The summed E-state index contributed by atoms with van der Waals surface area (Å²) in [7, 11) is 0. The molecule has 1 aromatic heterocycles. The average molecular weight is 506 g/mol. The first-order valence-electron chi connectivity index (χ1n) is 11.1. The van der Waals surface area contributed by atoms with E-state index in [1.807, 2.05) is 0 Å². The quantitative estimate of drug-likeness (QED) is 0.589. The van der Waals surface area contributed by atoms with Crippen LogP contribution in [0.5, 0.6) is 0 Å². The highest BCUT2D eigenvalue weighted by molar-refractivity contribution is 6.30. The van der Waals surface area contributed by atoms with Gasteiger partial charge >= 0.3 is 0 Å². The van der Waals surface area contributed by atoms with Crippen LogP contribution in [-0.4, -0.2) is 65.6 Å². The number of aryl methyl sites for hydroxylation is 1. The predicted octanol–water partition coefficient (Wildman–Crippen LogP) is 1.92. The van der Waals surface area contributed by atoms with Gasteiger partial charge in [-0.25, -0.2) is 14.4 Å². The zero-order valence-electron chi connectivity index (χ0n) is 19.2. The summed E-state index contributed by atoms with van der Waals surface area (Å²) in [5, 5.41) is 9.58. The molecule has 3 unspecified atom stereocenters. The van der Waals surface area contributed by atoms with Gasteiger partial charge in [0, 0.05) is 26.4 Å². The molecule has 0 radical (unpaired) electrons. The van der Waals surface area contributed by atoms with Crippen molar-refractivity contribution in [2.75, 3.05) is 19.8 Å². The lowest BCUT2D eigenvalue weighted by molar-refractivity contribution is -0.170. The Morgan fingerprint density at radius 2 is 1.97 bits per heavy atom. The highest BCUT2D eigenvalue weighted by atomic mass is 35.5. The molecule has 1 saturated heterocycles. The molecule has 12 heteroatoms. The molecule has 1 fully saturated rings. The van der Waals surface area contributed by atoms with Crippen molar-refractivity contribution in [3.8, 4) is 0 Å². The number of carbonyl (C=O) groups excluding carboxylic acids is 2. The first-order chi connectivity index (χ1) is 16.8. The first kappa shape index (κ1) is 25.0. The van der Waals surface area contributed by atoms with Gasteiger partial charge in [0.2, 0.25) is 5.91 Å². The Morgan fingerprint density at radius 1 is 1.14 bits per heavy atom. The van der Waals surface area contributed by atoms with Gasteiger partial charge in [-0.3, -0.25) is 9.59 Å². The summed E-state index contributed by atoms with van der Waals surface area (Å²) in [5.74, 6) is -0.657. The monoisotopic (exact) mass is 505 g/mol. The van der Waals surface area contributed by atoms with Crippen LogP contribution in [0.25, 0.3) is 0 Å². The SMILES string of the molecule is CC(=O)NCC1COC(C2CC(c3cc(C(=O)NCc4ccc(F)c(Cl)c4)nc(C)n3)=NO2)CO1. The summed E-state index contributed by atoms with van der Waals surface area (Å²) < 4.78 is 25.0. The maximum absolute atomic E-state index is 13.3. The molecule has 3 heterocycles. The Balaban J connectivity index is 1.33. The van der Waals surface area contributed by atoms with Gasteiger partial charge < -0.3 is 24.9 Å². The number of ether oxygens (including phenoxy) is 2. The largest absolute Gasteiger partial charge is 0.389 e. The van der Waals surface area contributed by atoms with E-state index in [1.54, 1.807) is 19.1 Å². The minimum Gasteiger partial charge on any atom is -0.389 e. The molecule has 2 aromatic rings. The third kappa shape index (κ3) is 6.50. The summed E-state index contributed by atoms with van der Waals surface area (Å²) in [6.45, 7) is 4.31. The predicted molar refractivity (Wildman–Crippen MR) is 124 cm³/mol. The van der Waals surface area contributed by atoms with Gasteiger partial charge in [-0.1, -0.05) is 22.8 Å². The van der Waals surface area contributed by atoms with Crippen molar-refractivity contribution in [3.05, 3.63) is 57.9 Å². The highest BCUT2D eigenvalue weighted by Gasteiger charge is 2.35. The minimum absolute atomic E-state index is 0.0127. The molecule has 2 N–H and O–H groups in total. The molecule has 0 bridgehead atoms. The second-order valence-corrected chi connectivity index (χ2v) is 8.67. The Kier molecular flexibility index (Phi) is 7.89. The molecule has 186 valence electrons. The summed E-state index contributed by atoms with van der Waals surface area (Å²) in [5.41, 5.74) is 1.88. The summed E-state index contributed by atoms with van der Waals surface area (Å²) in [6.07, 6.45) is -0.468. The second kappa shape index (κ2) is 11.1. The van der Waals surface area contributed by atoms with Gasteiger partial charge in [-0.05, 0) is 30.7 Å². The fourth-order valence-corrected chi connectivity index (χ4v) is 3.85. The molecule has 2 amide bonds. The number of oxime groups is 1. The van der Waals surface area contributed by atoms with Crippen molar-refractivity contribution < 1.29 is 28.3 Å². The zero-order chi connectivity index (χ0) is 24.9. The van der Waals surface area contributed by atoms with Crippen molar-refractivity contribution >= 4 is 29.1 Å². The van der Waals surface area contributed by atoms with Gasteiger partial charge in [0.05, 0.1) is 30.0 Å². The lowest BCUT2D eigenvalue weighted by Crippen LogP contribution is -2.46. The number of rotatable bonds is 7. The Hall–Kier alpha value is -3.15. The van der Waals surface area contributed by atoms with E-state index in [1.165, 1.54) is 19.1 Å². The van der Waals surface area contributed by atoms with Gasteiger partial charge in [0.1, 0.15) is 29.2 Å². The van der Waals surface area contributed by atoms with Gasteiger partial charge in [-0.15, -0.1) is 0 Å². The van der Waals surface area contributed by atoms with E-state index in [2.05, 4.69) is 25.8 Å². The molecule has 0 saturated carbocycles. The number of amides is 2. The number of nitrogens with one attached hydrogen (secondary N) is 2. The van der Waals surface area contributed by atoms with Crippen molar-refractivity contribution in [1.29, 1.82) is 0 Å². The lowest BCUT2D eigenvalue weighted by Gasteiger charge is -2.31. The van der Waals surface area contributed by atoms with Crippen LogP contribution in [0, 0.1) is 12.7 Å². The first-order valence-corrected chi connectivity index (χ1v) is 11.4. The van der Waals surface area contributed by atoms with Crippen molar-refractivity contribution in [3.63, 3.8) is 0 Å². The number of carbonyl (C=O) groups is 2. The van der Waals surface area contributed by atoms with E-state index < -0.39 is 11.7 Å². The van der Waals surface area contributed by atoms with Crippen molar-refractivity contribution in [2.24, 2.45) is 5.16 Å². The van der Waals surface area contributed by atoms with Crippen molar-refractivity contribution in [2.45, 2.75) is 45.1 Å². The van der Waals surface area contributed by atoms with E-state index in [4.69, 9.17) is 25.9 Å². The molecule has 0 spiro atoms. The number of benzene rings is 1. The fourth-order valence-electron chi connectivity index (χ4n) is 3.65. The number of nitrogens with zero attached hydrogens (tertiary/aromatic N) is 3. The van der Waals surface area contributed by atoms with Gasteiger partial charge in [-0.2, -0.15) is 0 Å². The smallest absolute Gasteiger partial charge is 0.270 e. The summed E-state index contributed by atoms with van der Waals surface area (Å²) in [6, 6.07) is 5.79. The van der Waals surface area contributed by atoms with Crippen molar-refractivity contribution in [1.82, 2.24) is 20.6 Å². The van der Waals surface area contributed by atoms with Crippen LogP contribution in [0.1, 0.15) is 40.9 Å². The summed E-state index contributed by atoms with van der Waals surface area (Å²) >= 11 is 5.80. The Bertz CT molecular complexity index is 1140. The van der Waals surface area contributed by atoms with E-state index in [0.29, 0.717) is 49.0 Å². The third-order valence-electron chi connectivity index (χ3n) is 5.48. The van der Waals surface area contributed by atoms with Crippen LogP contribution in [0.15, 0.2) is 29.4 Å². The number of hydrogen-bond donors (Lipinski definition) is 2. The van der Waals surface area contributed by atoms with Crippen LogP contribution in [-0.2, 0) is 25.7 Å². The number of halogens is 2. The standard InChI is InChI=1S/C23H25ClFN5O5/c1-12-28-18(6-20(29-12)23(32)27-8-14-3-4-17(25)16(24)5-14)19-7-21(35-30-19)22-11-33-15(10-34-22)9-26-13(2)31/h3-6,15,21-22H,7-11H2,1-2H3,(H,26,31)(H,27,32). The van der Waals surface area contributed by atoms with Gasteiger partial charge in [0.15, 0.2) is 6.10 Å². The van der Waals surface area contributed by atoms with Crippen LogP contribution >= 0.6 is 11.6 Å². The molecule has 10 nitrogen and oxygen atoms in total. The topological polar surface area (TPSA) is 124 Å². The lowest BCUT2D eigenvalue weighted by atomic mass is 10.0. The Morgan fingerprint density at radius 3 is 2.69 bits per heavy atom. The second-order valence-electron chi connectivity index (χ2n) is 8.27. The number of aromatic nitrogens is 2. The molecule has 2 aliphatic heterocycles. The van der Waals surface area contributed by atoms with Crippen LogP contribution in [0.4, 0.5) is 4.39 Å². The average Bonchev–Trinajstić information content (AvgIpc) is 3.33. The summed E-state index contributed by atoms with van der Waals surface area (Å²) in [4.78, 5) is 37.9. The van der Waals surface area contributed by atoms with E-state index >= 15 is 0 Å². The minimum atomic E-state index is -0.523. The van der Waals surface area contributed by atoms with Crippen LogP contribution in [0.3, 0.4) is 0 Å². The van der Waals surface area contributed by atoms with Gasteiger partial charge in [0.25, 0.3) is 5.91 Å². The maximum atomic E-state index is 13.3. The third-order valence-corrected chi connectivity index (χ3v) is 5.77. The zero-order valence-corrected chi connectivity index (χ0v) is 20.0. The molecule has 3 atom stereocenters. The highest BCUT2D eigenvalue weighted by Crippen LogP contribution is 2.23. The Labute approximate surface area is 206 Å². The van der Waals surface area contributed by atoms with Crippen LogP contribution < -0.4 is 10.6 Å². The normalized spacial score (nSPS) is 21.7. The molecule has 35 heavy (non-hydrogen) atoms. The van der Waals surface area contributed by atoms with Crippen LogP contribution in [0.2, 0.25) is 5.02 Å². The van der Waals surface area contributed by atoms with E-state index in [0.717, 1.165) is 0 Å². The molecular weight excluding hydrogens is 481 g/mol. The van der Waals surface area contributed by atoms with E-state index in [9.17, 15) is 14.0 Å². The maximum Gasteiger partial charge on any atom is 0.270 e. The number of hydrogen-bond acceptors (Lipinski definition) is 8. The molecule has 4 rings (SSSR count). The molecular formula is C23H25ClFN5O5. The molecule has 0 aliphatic carbocycles. The molecule has 1 aromatic carbocycles. The fraction of sp³-hybridized carbons (Fsp3) is 0.435.